The molecule has 0 saturated heterocycles. The molecule has 1 N–H and O–H groups in total. The van der Waals surface area contributed by atoms with Crippen LogP contribution < -0.4 is 9.64 Å². The van der Waals surface area contributed by atoms with Gasteiger partial charge in [-0.3, -0.25) is 4.98 Å². The molecule has 0 fully saturated rings. The number of aromatic nitrogens is 1. The van der Waals surface area contributed by atoms with E-state index in [1.165, 1.54) is 6.20 Å². The number of carbonyl (C=O) groups is 1. The molecule has 0 bridgehead atoms. The molecule has 0 aliphatic carbocycles. The molecule has 0 amide bonds. The van der Waals surface area contributed by atoms with Crippen molar-refractivity contribution in [2.45, 2.75) is 0 Å². The van der Waals surface area contributed by atoms with E-state index in [0.29, 0.717) is 5.69 Å². The number of anilines is 2. The van der Waals surface area contributed by atoms with Crippen LogP contribution in [0.2, 0.25) is 0 Å². The van der Waals surface area contributed by atoms with Gasteiger partial charge in [0.2, 0.25) is 0 Å². The van der Waals surface area contributed by atoms with Crippen LogP contribution in [-0.2, 0) is 0 Å². The first-order valence-electron chi connectivity index (χ1n) is 5.68. The van der Waals surface area contributed by atoms with E-state index in [9.17, 15) is 9.90 Å². The number of carboxylic acids is 1. The van der Waals surface area contributed by atoms with Gasteiger partial charge in [0.1, 0.15) is 11.3 Å². The zero-order valence-electron chi connectivity index (χ0n) is 10.7. The lowest BCUT2D eigenvalue weighted by Crippen LogP contribution is -2.14. The second-order valence-corrected chi connectivity index (χ2v) is 3.96. The largest absolute Gasteiger partial charge is 0.497 e. The molecule has 5 heteroatoms. The fraction of sp³-hybridized carbons (Fsp3) is 0.143. The maximum absolute atomic E-state index is 11.2. The zero-order chi connectivity index (χ0) is 13.8. The normalized spacial score (nSPS) is 10.0. The lowest BCUT2D eigenvalue weighted by Gasteiger charge is -2.21. The number of ether oxygens (including phenoxy) is 1. The van der Waals surface area contributed by atoms with Crippen LogP contribution in [0, 0.1) is 0 Å². The van der Waals surface area contributed by atoms with E-state index in [-0.39, 0.29) is 5.56 Å². The Bertz CT molecular complexity index is 599. The van der Waals surface area contributed by atoms with Gasteiger partial charge < -0.3 is 14.7 Å². The maximum Gasteiger partial charge on any atom is 0.339 e. The minimum Gasteiger partial charge on any atom is -0.497 e. The van der Waals surface area contributed by atoms with E-state index in [4.69, 9.17) is 4.74 Å². The lowest BCUT2D eigenvalue weighted by atomic mass is 10.2. The van der Waals surface area contributed by atoms with Crippen molar-refractivity contribution in [1.82, 2.24) is 4.98 Å². The average molecular weight is 258 g/mol. The predicted octanol–water partition coefficient (Wildman–Crippen LogP) is 2.56. The summed E-state index contributed by atoms with van der Waals surface area (Å²) in [7, 11) is 3.39. The minimum absolute atomic E-state index is 0.160. The highest BCUT2D eigenvalue weighted by Gasteiger charge is 2.14. The summed E-state index contributed by atoms with van der Waals surface area (Å²) in [6.07, 6.45) is 2.91. The van der Waals surface area contributed by atoms with Crippen LogP contribution in [-0.4, -0.2) is 30.2 Å². The van der Waals surface area contributed by atoms with Crippen LogP contribution in [0.4, 0.5) is 11.4 Å². The molecule has 1 aromatic carbocycles. The molecule has 0 aliphatic heterocycles. The first-order chi connectivity index (χ1) is 9.13. The van der Waals surface area contributed by atoms with Crippen LogP contribution in [0.1, 0.15) is 10.4 Å². The van der Waals surface area contributed by atoms with Gasteiger partial charge in [0.15, 0.2) is 0 Å². The van der Waals surface area contributed by atoms with Crippen molar-refractivity contribution in [1.29, 1.82) is 0 Å². The molecule has 1 aromatic heterocycles. The highest BCUT2D eigenvalue weighted by atomic mass is 16.5. The topological polar surface area (TPSA) is 62.7 Å². The Balaban J connectivity index is 2.43. The van der Waals surface area contributed by atoms with Crippen molar-refractivity contribution in [2.24, 2.45) is 0 Å². The van der Waals surface area contributed by atoms with Gasteiger partial charge in [-0.05, 0) is 18.2 Å². The van der Waals surface area contributed by atoms with Crippen LogP contribution in [0.5, 0.6) is 5.75 Å². The smallest absolute Gasteiger partial charge is 0.339 e. The summed E-state index contributed by atoms with van der Waals surface area (Å²) >= 11 is 0. The van der Waals surface area contributed by atoms with Crippen molar-refractivity contribution in [3.05, 3.63) is 48.3 Å². The summed E-state index contributed by atoms with van der Waals surface area (Å²) in [4.78, 5) is 16.8. The zero-order valence-corrected chi connectivity index (χ0v) is 10.7. The molecule has 1 heterocycles. The summed E-state index contributed by atoms with van der Waals surface area (Å²) in [5, 5.41) is 9.17. The quantitative estimate of drug-likeness (QED) is 0.913. The molecular weight excluding hydrogens is 244 g/mol. The number of nitrogens with zero attached hydrogens (tertiary/aromatic N) is 2. The maximum atomic E-state index is 11.2. The Hall–Kier alpha value is -2.56. The minimum atomic E-state index is -1.00. The van der Waals surface area contributed by atoms with E-state index in [1.807, 2.05) is 24.3 Å². The molecular formula is C14H14N2O3. The van der Waals surface area contributed by atoms with Gasteiger partial charge >= 0.3 is 5.97 Å². The monoisotopic (exact) mass is 258 g/mol. The number of aromatic carboxylic acids is 1. The lowest BCUT2D eigenvalue weighted by molar-refractivity contribution is 0.0697. The van der Waals surface area contributed by atoms with E-state index in [1.54, 1.807) is 31.3 Å². The van der Waals surface area contributed by atoms with Crippen molar-refractivity contribution >= 4 is 17.3 Å². The van der Waals surface area contributed by atoms with Crippen LogP contribution in [0.15, 0.2) is 42.7 Å². The molecule has 0 unspecified atom stereocenters. The van der Waals surface area contributed by atoms with E-state index < -0.39 is 5.97 Å². The van der Waals surface area contributed by atoms with Gasteiger partial charge in [-0.15, -0.1) is 0 Å². The fourth-order valence-electron chi connectivity index (χ4n) is 1.80. The predicted molar refractivity (Wildman–Crippen MR) is 72.3 cm³/mol. The Morgan fingerprint density at radius 2 is 2.16 bits per heavy atom. The van der Waals surface area contributed by atoms with Crippen LogP contribution >= 0.6 is 0 Å². The number of methoxy groups -OCH3 is 1. The Labute approximate surface area is 111 Å². The Morgan fingerprint density at radius 3 is 2.84 bits per heavy atom. The summed E-state index contributed by atoms with van der Waals surface area (Å²) < 4.78 is 5.16. The number of hydrogen-bond acceptors (Lipinski definition) is 4. The van der Waals surface area contributed by atoms with E-state index in [0.717, 1.165) is 11.4 Å². The van der Waals surface area contributed by atoms with Gasteiger partial charge in [-0.2, -0.15) is 0 Å². The molecule has 5 nitrogen and oxygen atoms in total. The van der Waals surface area contributed by atoms with Crippen molar-refractivity contribution < 1.29 is 14.6 Å². The van der Waals surface area contributed by atoms with Crippen molar-refractivity contribution in [3.8, 4) is 5.75 Å². The van der Waals surface area contributed by atoms with E-state index >= 15 is 0 Å². The summed E-state index contributed by atoms with van der Waals surface area (Å²) in [6, 6.07) is 9.08. The molecule has 2 aromatic rings. The molecule has 0 aliphatic rings. The molecule has 98 valence electrons. The third kappa shape index (κ3) is 2.65. The van der Waals surface area contributed by atoms with Crippen LogP contribution in [0.25, 0.3) is 0 Å². The summed E-state index contributed by atoms with van der Waals surface area (Å²) in [5.41, 5.74) is 1.58. The molecule has 19 heavy (non-hydrogen) atoms. The molecule has 0 radical (unpaired) electrons. The standard InChI is InChI=1S/C14H14N2O3/c1-16(10-4-3-5-11(8-10)19-2)13-6-7-15-9-12(13)14(17)18/h3-9H,1-2H3,(H,17,18). The Kier molecular flexibility index (Phi) is 3.66. The number of benzene rings is 1. The van der Waals surface area contributed by atoms with Crippen LogP contribution in [0.3, 0.4) is 0 Å². The Morgan fingerprint density at radius 1 is 1.37 bits per heavy atom. The van der Waals surface area contributed by atoms with Gasteiger partial charge in [-0.1, -0.05) is 6.07 Å². The number of hydrogen-bond donors (Lipinski definition) is 1. The first-order valence-corrected chi connectivity index (χ1v) is 5.68. The summed E-state index contributed by atoms with van der Waals surface area (Å²) in [5.74, 6) is -0.284. The number of rotatable bonds is 4. The molecule has 0 spiro atoms. The highest BCUT2D eigenvalue weighted by molar-refractivity contribution is 5.95. The average Bonchev–Trinajstić information content (AvgIpc) is 2.46. The number of carboxylic acid groups (broad SMARTS) is 1. The summed E-state index contributed by atoms with van der Waals surface area (Å²) in [6.45, 7) is 0. The fourth-order valence-corrected chi connectivity index (χ4v) is 1.80. The second kappa shape index (κ2) is 5.39. The van der Waals surface area contributed by atoms with Crippen molar-refractivity contribution in [3.63, 3.8) is 0 Å². The highest BCUT2D eigenvalue weighted by Crippen LogP contribution is 2.28. The van der Waals surface area contributed by atoms with Gasteiger partial charge in [0.25, 0.3) is 0 Å². The molecule has 0 saturated carbocycles. The molecule has 2 rings (SSSR count). The molecule has 0 atom stereocenters. The van der Waals surface area contributed by atoms with E-state index in [2.05, 4.69) is 4.98 Å². The van der Waals surface area contributed by atoms with Gasteiger partial charge in [-0.25, -0.2) is 4.79 Å². The number of pyridine rings is 1. The van der Waals surface area contributed by atoms with Crippen molar-refractivity contribution in [2.75, 3.05) is 19.1 Å². The third-order valence-corrected chi connectivity index (χ3v) is 2.83. The van der Waals surface area contributed by atoms with Gasteiger partial charge in [0, 0.05) is 31.2 Å². The first kappa shape index (κ1) is 12.9. The second-order valence-electron chi connectivity index (χ2n) is 3.96. The SMILES string of the molecule is COc1cccc(N(C)c2ccncc2C(=O)O)c1. The third-order valence-electron chi connectivity index (χ3n) is 2.83. The van der Waals surface area contributed by atoms with Gasteiger partial charge in [0.05, 0.1) is 12.8 Å².